The molecule has 2 N–H and O–H groups in total. The molecule has 29 heavy (non-hydrogen) atoms. The number of nitrogens with one attached hydrogen (secondary N) is 2. The maximum absolute atomic E-state index is 13.7. The van der Waals surface area contributed by atoms with Crippen molar-refractivity contribution in [3.05, 3.63) is 101 Å². The molecule has 0 saturated carbocycles. The molecule has 0 fully saturated rings. The molecule has 3 rings (SSSR count). The van der Waals surface area contributed by atoms with Gasteiger partial charge in [-0.25, -0.2) is 13.2 Å². The molecule has 4 nitrogen and oxygen atoms in total. The number of rotatable bonds is 5. The van der Waals surface area contributed by atoms with Crippen molar-refractivity contribution in [3.63, 3.8) is 0 Å². The summed E-state index contributed by atoms with van der Waals surface area (Å²) in [4.78, 5) is 24.3. The maximum atomic E-state index is 13.7. The van der Waals surface area contributed by atoms with Crippen LogP contribution in [0.4, 0.5) is 18.9 Å². The fourth-order valence-corrected chi connectivity index (χ4v) is 2.69. The van der Waals surface area contributed by atoms with E-state index in [4.69, 9.17) is 0 Å². The number of carbonyl (C=O) groups excluding carboxylic acids is 2. The van der Waals surface area contributed by atoms with Gasteiger partial charge >= 0.3 is 0 Å². The highest BCUT2D eigenvalue weighted by atomic mass is 19.1. The van der Waals surface area contributed by atoms with E-state index in [-0.39, 0.29) is 11.5 Å². The SMILES string of the molecule is CC(NC(=O)c1ccc(F)cc1F)c1ccc(NC(=O)c2ccc(F)cc2)cc1. The minimum atomic E-state index is -0.937. The Bertz CT molecular complexity index is 1030. The Balaban J connectivity index is 1.63. The normalized spacial score (nSPS) is 11.6. The maximum Gasteiger partial charge on any atom is 0.255 e. The quantitative estimate of drug-likeness (QED) is 0.646. The van der Waals surface area contributed by atoms with Gasteiger partial charge in [0, 0.05) is 17.3 Å². The molecule has 7 heteroatoms. The molecule has 3 aromatic carbocycles. The van der Waals surface area contributed by atoms with Gasteiger partial charge in [-0.3, -0.25) is 9.59 Å². The van der Waals surface area contributed by atoms with Gasteiger partial charge in [0.25, 0.3) is 11.8 Å². The van der Waals surface area contributed by atoms with Crippen LogP contribution in [0.25, 0.3) is 0 Å². The number of halogens is 3. The first-order chi connectivity index (χ1) is 13.8. The zero-order chi connectivity index (χ0) is 21.0. The summed E-state index contributed by atoms with van der Waals surface area (Å²) in [7, 11) is 0. The highest BCUT2D eigenvalue weighted by molar-refractivity contribution is 6.04. The van der Waals surface area contributed by atoms with Gasteiger partial charge in [-0.2, -0.15) is 0 Å². The van der Waals surface area contributed by atoms with Crippen LogP contribution in [0.15, 0.2) is 66.7 Å². The summed E-state index contributed by atoms with van der Waals surface area (Å²) in [6, 6.07) is 14.2. The molecule has 0 bridgehead atoms. The zero-order valence-corrected chi connectivity index (χ0v) is 15.4. The van der Waals surface area contributed by atoms with Crippen molar-refractivity contribution in [1.82, 2.24) is 5.32 Å². The summed E-state index contributed by atoms with van der Waals surface area (Å²) in [6.45, 7) is 1.71. The van der Waals surface area contributed by atoms with E-state index in [1.165, 1.54) is 24.3 Å². The Kier molecular flexibility index (Phi) is 5.97. The Hall–Kier alpha value is -3.61. The zero-order valence-electron chi connectivity index (χ0n) is 15.4. The second kappa shape index (κ2) is 8.60. The van der Waals surface area contributed by atoms with Gasteiger partial charge in [-0.1, -0.05) is 12.1 Å². The van der Waals surface area contributed by atoms with Gasteiger partial charge in [0.2, 0.25) is 0 Å². The second-order valence-electron chi connectivity index (χ2n) is 6.40. The monoisotopic (exact) mass is 398 g/mol. The molecule has 0 spiro atoms. The van der Waals surface area contributed by atoms with Crippen LogP contribution in [0, 0.1) is 17.5 Å². The largest absolute Gasteiger partial charge is 0.345 e. The smallest absolute Gasteiger partial charge is 0.255 e. The molecule has 1 unspecified atom stereocenters. The summed E-state index contributed by atoms with van der Waals surface area (Å²) in [6.07, 6.45) is 0. The van der Waals surface area contributed by atoms with E-state index < -0.39 is 29.4 Å². The molecule has 1 atom stereocenters. The summed E-state index contributed by atoms with van der Waals surface area (Å²) in [5.74, 6) is -3.17. The fraction of sp³-hybridized carbons (Fsp3) is 0.0909. The molecule has 0 radical (unpaired) electrons. The first-order valence-electron chi connectivity index (χ1n) is 8.76. The molecule has 0 aromatic heterocycles. The standard InChI is InChI=1S/C22H17F3N2O2/c1-13(26-22(29)19-11-8-17(24)12-20(19)25)14-4-9-18(10-5-14)27-21(28)15-2-6-16(23)7-3-15/h2-13H,1H3,(H,26,29)(H,27,28). The predicted octanol–water partition coefficient (Wildman–Crippen LogP) is 4.85. The van der Waals surface area contributed by atoms with Gasteiger partial charge in [-0.15, -0.1) is 0 Å². The van der Waals surface area contributed by atoms with Crippen molar-refractivity contribution >= 4 is 17.5 Å². The summed E-state index contributed by atoms with van der Waals surface area (Å²) >= 11 is 0. The number of anilines is 1. The molecular formula is C22H17F3N2O2. The third kappa shape index (κ3) is 5.01. The fourth-order valence-electron chi connectivity index (χ4n) is 2.69. The van der Waals surface area contributed by atoms with E-state index in [9.17, 15) is 22.8 Å². The number of carbonyl (C=O) groups is 2. The number of benzene rings is 3. The van der Waals surface area contributed by atoms with Crippen LogP contribution in [0.3, 0.4) is 0 Å². The predicted molar refractivity (Wildman–Crippen MR) is 103 cm³/mol. The molecule has 0 aliphatic heterocycles. The molecule has 0 aliphatic carbocycles. The minimum absolute atomic E-state index is 0.249. The lowest BCUT2D eigenvalue weighted by atomic mass is 10.1. The Morgan fingerprint density at radius 3 is 2.03 bits per heavy atom. The van der Waals surface area contributed by atoms with Crippen molar-refractivity contribution in [3.8, 4) is 0 Å². The van der Waals surface area contributed by atoms with E-state index in [0.717, 1.165) is 17.7 Å². The van der Waals surface area contributed by atoms with Crippen molar-refractivity contribution in [2.24, 2.45) is 0 Å². The lowest BCUT2D eigenvalue weighted by Crippen LogP contribution is -2.27. The number of hydrogen-bond acceptors (Lipinski definition) is 2. The van der Waals surface area contributed by atoms with Gasteiger partial charge in [0.1, 0.15) is 17.5 Å². The topological polar surface area (TPSA) is 58.2 Å². The lowest BCUT2D eigenvalue weighted by Gasteiger charge is -2.15. The van der Waals surface area contributed by atoms with Gasteiger partial charge < -0.3 is 10.6 Å². The Morgan fingerprint density at radius 2 is 1.41 bits per heavy atom. The van der Waals surface area contributed by atoms with Crippen LogP contribution in [-0.2, 0) is 0 Å². The van der Waals surface area contributed by atoms with Crippen LogP contribution in [0.1, 0.15) is 39.2 Å². The third-order valence-electron chi connectivity index (χ3n) is 4.30. The molecule has 0 saturated heterocycles. The first-order valence-corrected chi connectivity index (χ1v) is 8.76. The Morgan fingerprint density at radius 1 is 0.793 bits per heavy atom. The minimum Gasteiger partial charge on any atom is -0.345 e. The van der Waals surface area contributed by atoms with Crippen LogP contribution >= 0.6 is 0 Å². The van der Waals surface area contributed by atoms with E-state index in [0.29, 0.717) is 17.3 Å². The summed E-state index contributed by atoms with van der Waals surface area (Å²) in [5, 5.41) is 5.33. The van der Waals surface area contributed by atoms with Crippen LogP contribution < -0.4 is 10.6 Å². The van der Waals surface area contributed by atoms with Crippen molar-refractivity contribution in [2.45, 2.75) is 13.0 Å². The second-order valence-corrected chi connectivity index (χ2v) is 6.40. The van der Waals surface area contributed by atoms with E-state index in [1.54, 1.807) is 31.2 Å². The third-order valence-corrected chi connectivity index (χ3v) is 4.30. The average molecular weight is 398 g/mol. The first kappa shape index (κ1) is 20.1. The highest BCUT2D eigenvalue weighted by Gasteiger charge is 2.16. The molecule has 2 amide bonds. The molecule has 0 aliphatic rings. The van der Waals surface area contributed by atoms with Crippen molar-refractivity contribution in [1.29, 1.82) is 0 Å². The molecule has 0 heterocycles. The van der Waals surface area contributed by atoms with Crippen molar-refractivity contribution in [2.75, 3.05) is 5.32 Å². The summed E-state index contributed by atoms with van der Waals surface area (Å²) < 4.78 is 39.6. The van der Waals surface area contributed by atoms with Crippen LogP contribution in [0.5, 0.6) is 0 Å². The van der Waals surface area contributed by atoms with E-state index >= 15 is 0 Å². The highest BCUT2D eigenvalue weighted by Crippen LogP contribution is 2.18. The average Bonchev–Trinajstić information content (AvgIpc) is 2.68. The van der Waals surface area contributed by atoms with Crippen LogP contribution in [-0.4, -0.2) is 11.8 Å². The number of hydrogen-bond donors (Lipinski definition) is 2. The van der Waals surface area contributed by atoms with Gasteiger partial charge in [-0.05, 0) is 61.0 Å². The van der Waals surface area contributed by atoms with Crippen molar-refractivity contribution < 1.29 is 22.8 Å². The Labute approximate surface area is 165 Å². The lowest BCUT2D eigenvalue weighted by molar-refractivity contribution is 0.0935. The van der Waals surface area contributed by atoms with Crippen LogP contribution in [0.2, 0.25) is 0 Å². The molecule has 3 aromatic rings. The summed E-state index contributed by atoms with van der Waals surface area (Å²) in [5.41, 5.74) is 1.31. The van der Waals surface area contributed by atoms with E-state index in [1.807, 2.05) is 0 Å². The molecule has 148 valence electrons. The van der Waals surface area contributed by atoms with Gasteiger partial charge in [0.05, 0.1) is 11.6 Å². The van der Waals surface area contributed by atoms with Gasteiger partial charge in [0.15, 0.2) is 0 Å². The molecular weight excluding hydrogens is 381 g/mol. The van der Waals surface area contributed by atoms with E-state index in [2.05, 4.69) is 10.6 Å². The number of amides is 2.